The number of aromatic hydroxyl groups is 2. The van der Waals surface area contributed by atoms with Gasteiger partial charge in [0, 0.05) is 42.8 Å². The van der Waals surface area contributed by atoms with Crippen LogP contribution in [0.25, 0.3) is 21.8 Å². The average Bonchev–Trinajstić information content (AvgIpc) is 2.84. The van der Waals surface area contributed by atoms with E-state index in [1.54, 1.807) is 43.4 Å². The van der Waals surface area contributed by atoms with Gasteiger partial charge in [-0.25, -0.2) is 17.6 Å². The van der Waals surface area contributed by atoms with Crippen LogP contribution in [0.3, 0.4) is 0 Å². The summed E-state index contributed by atoms with van der Waals surface area (Å²) in [6, 6.07) is 15.3. The van der Waals surface area contributed by atoms with E-state index in [1.165, 1.54) is 6.07 Å². The molecule has 0 saturated carbocycles. The highest BCUT2D eigenvalue weighted by Gasteiger charge is 2.34. The smallest absolute Gasteiger partial charge is 0.197 e. The Morgan fingerprint density at radius 2 is 1.14 bits per heavy atom. The number of rotatable bonds is 3. The van der Waals surface area contributed by atoms with E-state index in [-0.39, 0.29) is 15.2 Å². The topological polar surface area (TPSA) is 62.5 Å². The largest absolute Gasteiger partial charge is 0.503 e. The molecule has 0 radical (unpaired) electrons. The van der Waals surface area contributed by atoms with Crippen LogP contribution in [0.15, 0.2) is 86.2 Å². The van der Waals surface area contributed by atoms with E-state index in [9.17, 15) is 32.6 Å². The van der Waals surface area contributed by atoms with Gasteiger partial charge in [0.05, 0.1) is 27.3 Å². The summed E-state index contributed by atoms with van der Waals surface area (Å²) in [5.74, 6) is -7.36. The summed E-state index contributed by atoms with van der Waals surface area (Å²) in [5, 5.41) is 19.9. The molecule has 0 amide bonds. The van der Waals surface area contributed by atoms with E-state index in [2.05, 4.69) is 0 Å². The number of hydrogen-bond donors (Lipinski definition) is 2. The molecule has 0 aliphatic heterocycles. The second-order valence-electron chi connectivity index (χ2n) is 7.86. The summed E-state index contributed by atoms with van der Waals surface area (Å²) in [5.41, 5.74) is 1.03. The molecule has 0 saturated heterocycles. The van der Waals surface area contributed by atoms with E-state index >= 15 is 0 Å². The molecule has 4 aromatic carbocycles. The van der Waals surface area contributed by atoms with Gasteiger partial charge in [-0.15, -0.1) is 0 Å². The van der Waals surface area contributed by atoms with Crippen molar-refractivity contribution in [2.45, 2.75) is 14.7 Å². The highest BCUT2D eigenvalue weighted by molar-refractivity contribution is 7.97. The van der Waals surface area contributed by atoms with Crippen LogP contribution in [0, 0.1) is 23.3 Å². The lowest BCUT2D eigenvalue weighted by Gasteiger charge is -2.13. The van der Waals surface area contributed by atoms with E-state index in [0.29, 0.717) is 26.7 Å². The lowest BCUT2D eigenvalue weighted by Crippen LogP contribution is -2.12. The van der Waals surface area contributed by atoms with Crippen molar-refractivity contribution < 1.29 is 27.8 Å². The Hall–Kier alpha value is -3.98. The first-order valence-electron chi connectivity index (χ1n) is 10.3. The number of pyridine rings is 1. The van der Waals surface area contributed by atoms with E-state index in [0.717, 1.165) is 24.3 Å². The van der Waals surface area contributed by atoms with Crippen molar-refractivity contribution in [1.29, 1.82) is 0 Å². The molecule has 0 bridgehead atoms. The summed E-state index contributed by atoms with van der Waals surface area (Å²) >= 11 is 0. The zero-order valence-electron chi connectivity index (χ0n) is 18.0. The van der Waals surface area contributed by atoms with Gasteiger partial charge in [0.1, 0.15) is 0 Å². The molecule has 0 spiro atoms. The molecule has 0 aliphatic rings. The Balaban J connectivity index is 1.83. The number of aryl methyl sites for hydroxylation is 1. The molecule has 5 rings (SSSR count). The average molecular weight is 498 g/mol. The Bertz CT molecular complexity index is 1610. The Morgan fingerprint density at radius 1 is 0.657 bits per heavy atom. The normalized spacial score (nSPS) is 11.6. The van der Waals surface area contributed by atoms with E-state index in [4.69, 9.17) is 0 Å². The molecular formula is C26H16F4NO3S+. The van der Waals surface area contributed by atoms with Gasteiger partial charge in [0.25, 0.3) is 0 Å². The minimum Gasteiger partial charge on any atom is -0.503 e. The minimum atomic E-state index is -1.51. The molecule has 1 heterocycles. The fourth-order valence-corrected chi connectivity index (χ4v) is 6.22. The van der Waals surface area contributed by atoms with Gasteiger partial charge in [-0.2, -0.15) is 0 Å². The van der Waals surface area contributed by atoms with E-state index < -0.39 is 45.7 Å². The van der Waals surface area contributed by atoms with Gasteiger partial charge in [-0.05, 0) is 24.3 Å². The van der Waals surface area contributed by atoms with Crippen LogP contribution in [0.5, 0.6) is 11.5 Å². The van der Waals surface area contributed by atoms with Crippen molar-refractivity contribution in [1.82, 2.24) is 4.57 Å². The van der Waals surface area contributed by atoms with Crippen molar-refractivity contribution in [3.8, 4) is 11.5 Å². The molecular weight excluding hydrogens is 482 g/mol. The number of hydrogen-bond acceptors (Lipinski definition) is 3. The van der Waals surface area contributed by atoms with Crippen LogP contribution in [0.1, 0.15) is 0 Å². The van der Waals surface area contributed by atoms with Crippen molar-refractivity contribution in [2.24, 2.45) is 7.05 Å². The lowest BCUT2D eigenvalue weighted by molar-refractivity contribution is 0.393. The Labute approximate surface area is 198 Å². The molecule has 35 heavy (non-hydrogen) atoms. The monoisotopic (exact) mass is 498 g/mol. The van der Waals surface area contributed by atoms with Crippen LogP contribution in [0.4, 0.5) is 17.6 Å². The van der Waals surface area contributed by atoms with Gasteiger partial charge in [0.2, 0.25) is 0 Å². The van der Waals surface area contributed by atoms with Crippen LogP contribution >= 0.6 is 0 Å². The second kappa shape index (κ2) is 8.35. The third kappa shape index (κ3) is 3.68. The van der Waals surface area contributed by atoms with Crippen LogP contribution < -0.4 is 5.43 Å². The Kier molecular flexibility index (Phi) is 5.44. The molecule has 4 nitrogen and oxygen atoms in total. The van der Waals surface area contributed by atoms with Crippen molar-refractivity contribution in [3.05, 3.63) is 100 Å². The number of phenolic OH excluding ortho intramolecular Hbond substituents is 2. The summed E-state index contributed by atoms with van der Waals surface area (Å²) in [7, 11) is 0.283. The lowest BCUT2D eigenvalue weighted by atomic mass is 10.1. The molecule has 2 N–H and O–H groups in total. The predicted octanol–water partition coefficient (Wildman–Crippen LogP) is 5.75. The first kappa shape index (κ1) is 22.8. The fourth-order valence-electron chi connectivity index (χ4n) is 4.08. The third-order valence-corrected chi connectivity index (χ3v) is 7.91. The van der Waals surface area contributed by atoms with Crippen LogP contribution in [-0.2, 0) is 17.9 Å². The maximum atomic E-state index is 14.3. The first-order chi connectivity index (χ1) is 16.7. The first-order valence-corrected chi connectivity index (χ1v) is 11.5. The van der Waals surface area contributed by atoms with Gasteiger partial charge in [-0.3, -0.25) is 4.79 Å². The van der Waals surface area contributed by atoms with Gasteiger partial charge in [0.15, 0.2) is 54.9 Å². The zero-order chi connectivity index (χ0) is 25.0. The minimum absolute atomic E-state index is 0.0285. The summed E-state index contributed by atoms with van der Waals surface area (Å²) < 4.78 is 58.9. The number of phenols is 2. The number of benzene rings is 4. The summed E-state index contributed by atoms with van der Waals surface area (Å²) in [6.45, 7) is 0. The number of nitrogens with zero attached hydrogens (tertiary/aromatic N) is 1. The SMILES string of the molecule is Cn1c2ccccc2c(=O)c2cc([S+](c3cc(F)c(O)c(F)c3)c3cc(F)c(O)c(F)c3)ccc21. The third-order valence-electron chi connectivity index (χ3n) is 5.77. The van der Waals surface area contributed by atoms with Gasteiger partial charge < -0.3 is 14.8 Å². The highest BCUT2D eigenvalue weighted by Crippen LogP contribution is 2.37. The van der Waals surface area contributed by atoms with Crippen LogP contribution in [-0.4, -0.2) is 14.8 Å². The van der Waals surface area contributed by atoms with Gasteiger partial charge >= 0.3 is 0 Å². The number of halogens is 4. The summed E-state index contributed by atoms with van der Waals surface area (Å²) in [6.07, 6.45) is 0. The molecule has 9 heteroatoms. The fraction of sp³-hybridized carbons (Fsp3) is 0.0385. The second-order valence-corrected chi connectivity index (χ2v) is 9.89. The molecule has 5 aromatic rings. The van der Waals surface area contributed by atoms with Crippen molar-refractivity contribution in [2.75, 3.05) is 0 Å². The predicted molar refractivity (Wildman–Crippen MR) is 125 cm³/mol. The molecule has 0 fully saturated rings. The molecule has 0 atom stereocenters. The Morgan fingerprint density at radius 3 is 1.69 bits per heavy atom. The maximum Gasteiger partial charge on any atom is 0.197 e. The van der Waals surface area contributed by atoms with E-state index in [1.807, 2.05) is 4.57 Å². The highest BCUT2D eigenvalue weighted by atomic mass is 32.2. The number of aromatic nitrogens is 1. The summed E-state index contributed by atoms with van der Waals surface area (Å²) in [4.78, 5) is 13.6. The standard InChI is InChI=1S/C26H15F4NO3S/c1-31-22-5-3-2-4-16(22)24(32)17-8-13(6-7-23(17)31)35(14-9-18(27)25(33)19(28)10-14)15-11-20(29)26(34)21(30)12-15/h2-12H,1H3,(H-,33,34)/p+1. The van der Waals surface area contributed by atoms with Crippen molar-refractivity contribution >= 4 is 32.7 Å². The molecule has 1 aromatic heterocycles. The zero-order valence-corrected chi connectivity index (χ0v) is 18.8. The molecule has 0 unspecified atom stereocenters. The van der Waals surface area contributed by atoms with Crippen molar-refractivity contribution in [3.63, 3.8) is 0 Å². The quantitative estimate of drug-likeness (QED) is 0.189. The number of para-hydroxylation sites is 1. The molecule has 176 valence electrons. The van der Waals surface area contributed by atoms with Crippen LogP contribution in [0.2, 0.25) is 0 Å². The van der Waals surface area contributed by atoms with Gasteiger partial charge in [-0.1, -0.05) is 12.1 Å². The number of fused-ring (bicyclic) bond motifs is 2. The maximum absolute atomic E-state index is 14.3. The molecule has 0 aliphatic carbocycles.